The molecular formula is C12H17NO5. The van der Waals surface area contributed by atoms with Gasteiger partial charge < -0.3 is 15.2 Å². The third-order valence-corrected chi connectivity index (χ3v) is 2.03. The maximum Gasteiger partial charge on any atom is 0.326 e. The number of ether oxygens (including phenoxy) is 1. The summed E-state index contributed by atoms with van der Waals surface area (Å²) >= 11 is 0. The second-order valence-corrected chi connectivity index (χ2v) is 3.40. The Hall–Kier alpha value is -2.11. The van der Waals surface area contributed by atoms with E-state index in [1.807, 2.05) is 0 Å². The molecule has 0 bridgehead atoms. The monoisotopic (exact) mass is 255 g/mol. The van der Waals surface area contributed by atoms with Gasteiger partial charge in [0.05, 0.1) is 7.11 Å². The lowest BCUT2D eigenvalue weighted by atomic mass is 10.1. The van der Waals surface area contributed by atoms with E-state index in [0.717, 1.165) is 0 Å². The number of carboxylic acid groups (broad SMARTS) is 1. The SMILES string of the molecule is CC=C/C=C/C(=O)N[C@H](CCC(=O)OC)C(=O)O. The molecule has 0 saturated heterocycles. The summed E-state index contributed by atoms with van der Waals surface area (Å²) in [6.45, 7) is 1.79. The molecule has 0 aliphatic carbocycles. The molecule has 2 N–H and O–H groups in total. The summed E-state index contributed by atoms with van der Waals surface area (Å²) in [6.07, 6.45) is 6.01. The molecular weight excluding hydrogens is 238 g/mol. The molecule has 100 valence electrons. The predicted octanol–water partition coefficient (Wildman–Crippen LogP) is 0.641. The predicted molar refractivity (Wildman–Crippen MR) is 64.8 cm³/mol. The Morgan fingerprint density at radius 1 is 1.33 bits per heavy atom. The smallest absolute Gasteiger partial charge is 0.326 e. The molecule has 6 heteroatoms. The minimum atomic E-state index is -1.19. The van der Waals surface area contributed by atoms with E-state index in [-0.39, 0.29) is 12.8 Å². The van der Waals surface area contributed by atoms with Crippen LogP contribution in [0.25, 0.3) is 0 Å². The first kappa shape index (κ1) is 15.9. The Labute approximate surface area is 105 Å². The normalized spacial score (nSPS) is 12.6. The van der Waals surface area contributed by atoms with Crippen LogP contribution in [0.4, 0.5) is 0 Å². The molecule has 0 aromatic heterocycles. The fourth-order valence-electron chi connectivity index (χ4n) is 1.10. The Balaban J connectivity index is 4.31. The van der Waals surface area contributed by atoms with Gasteiger partial charge in [-0.15, -0.1) is 0 Å². The van der Waals surface area contributed by atoms with Crippen LogP contribution in [0.15, 0.2) is 24.3 Å². The molecule has 0 aromatic carbocycles. The Morgan fingerprint density at radius 3 is 2.50 bits per heavy atom. The molecule has 0 unspecified atom stereocenters. The number of rotatable bonds is 7. The van der Waals surface area contributed by atoms with E-state index < -0.39 is 23.9 Å². The van der Waals surface area contributed by atoms with Gasteiger partial charge in [0, 0.05) is 12.5 Å². The van der Waals surface area contributed by atoms with Crippen molar-refractivity contribution in [1.29, 1.82) is 0 Å². The van der Waals surface area contributed by atoms with E-state index >= 15 is 0 Å². The minimum absolute atomic E-state index is 0.00873. The zero-order valence-electron chi connectivity index (χ0n) is 10.4. The summed E-state index contributed by atoms with van der Waals surface area (Å²) in [5.41, 5.74) is 0. The Kier molecular flexibility index (Phi) is 7.92. The standard InChI is InChI=1S/C12H17NO5/c1-3-4-5-6-10(14)13-9(12(16)17)7-8-11(15)18-2/h3-6,9H,7-8H2,1-2H3,(H,13,14)(H,16,17)/b4-3?,6-5+/t9-/m1/s1. The molecule has 0 saturated carbocycles. The molecule has 6 nitrogen and oxygen atoms in total. The van der Waals surface area contributed by atoms with E-state index in [9.17, 15) is 14.4 Å². The van der Waals surface area contributed by atoms with Crippen molar-refractivity contribution in [2.45, 2.75) is 25.8 Å². The van der Waals surface area contributed by atoms with Crippen LogP contribution in [-0.4, -0.2) is 36.1 Å². The summed E-state index contributed by atoms with van der Waals surface area (Å²) in [5, 5.41) is 11.2. The van der Waals surface area contributed by atoms with Crippen molar-refractivity contribution in [2.24, 2.45) is 0 Å². The molecule has 0 rings (SSSR count). The summed E-state index contributed by atoms with van der Waals surface area (Å²) in [5.74, 6) is -2.22. The molecule has 0 aliphatic heterocycles. The number of methoxy groups -OCH3 is 1. The first-order chi connectivity index (χ1) is 8.51. The van der Waals surface area contributed by atoms with Crippen molar-refractivity contribution in [3.63, 3.8) is 0 Å². The van der Waals surface area contributed by atoms with Crippen molar-refractivity contribution >= 4 is 17.8 Å². The van der Waals surface area contributed by atoms with Crippen molar-refractivity contribution in [3.05, 3.63) is 24.3 Å². The average Bonchev–Trinajstić information content (AvgIpc) is 2.33. The van der Waals surface area contributed by atoms with Crippen LogP contribution in [0, 0.1) is 0 Å². The highest BCUT2D eigenvalue weighted by molar-refractivity contribution is 5.91. The second-order valence-electron chi connectivity index (χ2n) is 3.40. The van der Waals surface area contributed by atoms with Gasteiger partial charge in [-0.25, -0.2) is 4.79 Å². The van der Waals surface area contributed by atoms with Crippen molar-refractivity contribution < 1.29 is 24.2 Å². The molecule has 0 spiro atoms. The largest absolute Gasteiger partial charge is 0.480 e. The number of esters is 1. The quantitative estimate of drug-likeness (QED) is 0.395. The van der Waals surface area contributed by atoms with Crippen LogP contribution >= 0.6 is 0 Å². The van der Waals surface area contributed by atoms with Gasteiger partial charge in [-0.2, -0.15) is 0 Å². The average molecular weight is 255 g/mol. The highest BCUT2D eigenvalue weighted by atomic mass is 16.5. The number of hydrogen-bond donors (Lipinski definition) is 2. The number of carbonyl (C=O) groups is 3. The third kappa shape index (κ3) is 7.21. The number of amides is 1. The van der Waals surface area contributed by atoms with Crippen molar-refractivity contribution in [2.75, 3.05) is 7.11 Å². The topological polar surface area (TPSA) is 92.7 Å². The van der Waals surface area contributed by atoms with Gasteiger partial charge in [-0.3, -0.25) is 9.59 Å². The number of hydrogen-bond acceptors (Lipinski definition) is 4. The van der Waals surface area contributed by atoms with E-state index in [4.69, 9.17) is 5.11 Å². The lowest BCUT2D eigenvalue weighted by molar-refractivity contribution is -0.143. The molecule has 0 fully saturated rings. The molecule has 1 atom stereocenters. The zero-order chi connectivity index (χ0) is 14.0. The maximum atomic E-state index is 11.3. The second kappa shape index (κ2) is 8.98. The van der Waals surface area contributed by atoms with Gasteiger partial charge in [0.2, 0.25) is 5.91 Å². The number of aliphatic carboxylic acids is 1. The Bertz CT molecular complexity index is 359. The van der Waals surface area contributed by atoms with Crippen LogP contribution in [0.3, 0.4) is 0 Å². The van der Waals surface area contributed by atoms with Gasteiger partial charge >= 0.3 is 11.9 Å². The molecule has 0 radical (unpaired) electrons. The highest BCUT2D eigenvalue weighted by Crippen LogP contribution is 1.99. The van der Waals surface area contributed by atoms with Gasteiger partial charge in [-0.05, 0) is 13.3 Å². The summed E-state index contributed by atoms with van der Waals surface area (Å²) < 4.78 is 4.40. The maximum absolute atomic E-state index is 11.3. The van der Waals surface area contributed by atoms with Crippen LogP contribution in [0.5, 0.6) is 0 Å². The van der Waals surface area contributed by atoms with Crippen molar-refractivity contribution in [3.8, 4) is 0 Å². The fraction of sp³-hybridized carbons (Fsp3) is 0.417. The van der Waals surface area contributed by atoms with Crippen LogP contribution in [0.2, 0.25) is 0 Å². The summed E-state index contributed by atoms with van der Waals surface area (Å²) in [6, 6.07) is -1.10. The van der Waals surface area contributed by atoms with Gasteiger partial charge in [0.15, 0.2) is 0 Å². The fourth-order valence-corrected chi connectivity index (χ4v) is 1.10. The number of allylic oxidation sites excluding steroid dienone is 3. The molecule has 0 aromatic rings. The third-order valence-electron chi connectivity index (χ3n) is 2.03. The summed E-state index contributed by atoms with van der Waals surface area (Å²) in [7, 11) is 1.22. The van der Waals surface area contributed by atoms with Crippen molar-refractivity contribution in [1.82, 2.24) is 5.32 Å². The highest BCUT2D eigenvalue weighted by Gasteiger charge is 2.20. The van der Waals surface area contributed by atoms with E-state index in [1.165, 1.54) is 19.3 Å². The number of carbonyl (C=O) groups excluding carboxylic acids is 2. The summed E-state index contributed by atoms with van der Waals surface area (Å²) in [4.78, 5) is 33.1. The van der Waals surface area contributed by atoms with E-state index in [2.05, 4.69) is 10.1 Å². The Morgan fingerprint density at radius 2 is 2.00 bits per heavy atom. The number of carboxylic acids is 1. The van der Waals surface area contributed by atoms with E-state index in [0.29, 0.717) is 0 Å². The minimum Gasteiger partial charge on any atom is -0.480 e. The number of nitrogens with one attached hydrogen (secondary N) is 1. The van der Waals surface area contributed by atoms with Gasteiger partial charge in [-0.1, -0.05) is 18.2 Å². The van der Waals surface area contributed by atoms with Gasteiger partial charge in [0.25, 0.3) is 0 Å². The molecule has 1 amide bonds. The lowest BCUT2D eigenvalue weighted by Gasteiger charge is -2.12. The first-order valence-electron chi connectivity index (χ1n) is 5.40. The molecule has 0 aliphatic rings. The van der Waals surface area contributed by atoms with Crippen LogP contribution in [0.1, 0.15) is 19.8 Å². The first-order valence-corrected chi connectivity index (χ1v) is 5.40. The lowest BCUT2D eigenvalue weighted by Crippen LogP contribution is -2.40. The zero-order valence-corrected chi connectivity index (χ0v) is 10.4. The molecule has 0 heterocycles. The molecule has 18 heavy (non-hydrogen) atoms. The van der Waals surface area contributed by atoms with E-state index in [1.54, 1.807) is 19.1 Å². The van der Waals surface area contributed by atoms with Gasteiger partial charge in [0.1, 0.15) is 6.04 Å². The van der Waals surface area contributed by atoms with Crippen LogP contribution in [-0.2, 0) is 19.1 Å². The van der Waals surface area contributed by atoms with Crippen LogP contribution < -0.4 is 5.32 Å².